The molecule has 1 aliphatic heterocycles. The van der Waals surface area contributed by atoms with Gasteiger partial charge in [-0.2, -0.15) is 18.3 Å². The van der Waals surface area contributed by atoms with Gasteiger partial charge >= 0.3 is 12.2 Å². The molecule has 0 spiro atoms. The van der Waals surface area contributed by atoms with Crippen molar-refractivity contribution in [1.82, 2.24) is 20.4 Å². The molecule has 3 aromatic rings. The fourth-order valence-corrected chi connectivity index (χ4v) is 3.93. The van der Waals surface area contributed by atoms with Crippen LogP contribution in [0.1, 0.15) is 18.5 Å². The van der Waals surface area contributed by atoms with Crippen LogP contribution < -0.4 is 10.6 Å². The molecule has 0 unspecified atom stereocenters. The molecule has 166 valence electrons. The first kappa shape index (κ1) is 21.6. The van der Waals surface area contributed by atoms with E-state index in [9.17, 15) is 27.9 Å². The van der Waals surface area contributed by atoms with Crippen LogP contribution in [0.4, 0.5) is 18.0 Å². The van der Waals surface area contributed by atoms with Crippen LogP contribution in [0, 0.1) is 5.92 Å². The van der Waals surface area contributed by atoms with E-state index in [1.807, 2.05) is 0 Å². The third-order valence-electron chi connectivity index (χ3n) is 5.39. The molecule has 4 rings (SSSR count). The van der Waals surface area contributed by atoms with Crippen molar-refractivity contribution in [2.75, 3.05) is 0 Å². The summed E-state index contributed by atoms with van der Waals surface area (Å²) in [6.07, 6.45) is -3.83. The van der Waals surface area contributed by atoms with E-state index < -0.39 is 35.7 Å². The van der Waals surface area contributed by atoms with Crippen molar-refractivity contribution < 1.29 is 27.9 Å². The maximum atomic E-state index is 13.8. The van der Waals surface area contributed by atoms with Gasteiger partial charge in [-0.3, -0.25) is 4.79 Å². The molecule has 0 saturated carbocycles. The number of rotatable bonds is 4. The number of hydrogen-bond acceptors (Lipinski definition) is 4. The lowest BCUT2D eigenvalue weighted by Gasteiger charge is -2.44. The Kier molecular flexibility index (Phi) is 5.25. The van der Waals surface area contributed by atoms with Gasteiger partial charge in [0.25, 0.3) is 0 Å². The van der Waals surface area contributed by atoms with Crippen LogP contribution in [0.25, 0.3) is 16.9 Å². The molecule has 3 N–H and O–H groups in total. The van der Waals surface area contributed by atoms with Crippen molar-refractivity contribution in [3.8, 4) is 16.9 Å². The fourth-order valence-electron chi connectivity index (χ4n) is 3.93. The predicted molar refractivity (Wildman–Crippen MR) is 109 cm³/mol. The first-order chi connectivity index (χ1) is 15.1. The monoisotopic (exact) mass is 444 g/mol. The number of nitrogens with one attached hydrogen (secondary N) is 2. The number of benzene rings is 2. The zero-order chi connectivity index (χ0) is 23.1. The molecule has 0 bridgehead atoms. The van der Waals surface area contributed by atoms with Gasteiger partial charge in [0, 0.05) is 17.3 Å². The van der Waals surface area contributed by atoms with E-state index in [-0.39, 0.29) is 11.3 Å². The van der Waals surface area contributed by atoms with Gasteiger partial charge in [0.1, 0.15) is 5.78 Å². The summed E-state index contributed by atoms with van der Waals surface area (Å²) < 4.78 is 42.9. The van der Waals surface area contributed by atoms with Gasteiger partial charge in [-0.1, -0.05) is 48.5 Å². The highest BCUT2D eigenvalue weighted by Gasteiger charge is 2.66. The normalized spacial score (nSPS) is 23.3. The molecule has 10 heteroatoms. The van der Waals surface area contributed by atoms with Crippen molar-refractivity contribution >= 4 is 11.8 Å². The third kappa shape index (κ3) is 3.62. The number of carbonyl (C=O) groups is 2. The minimum Gasteiger partial charge on any atom is -0.363 e. The number of urea groups is 1. The molecular weight excluding hydrogens is 425 g/mol. The van der Waals surface area contributed by atoms with Crippen molar-refractivity contribution in [1.29, 1.82) is 0 Å². The number of alkyl halides is 3. The molecule has 32 heavy (non-hydrogen) atoms. The van der Waals surface area contributed by atoms with E-state index in [0.717, 1.165) is 6.92 Å². The molecule has 1 saturated heterocycles. The van der Waals surface area contributed by atoms with Gasteiger partial charge in [0.2, 0.25) is 5.72 Å². The Bertz CT molecular complexity index is 1150. The predicted octanol–water partition coefficient (Wildman–Crippen LogP) is 3.35. The van der Waals surface area contributed by atoms with Gasteiger partial charge in [0.05, 0.1) is 23.3 Å². The molecule has 0 radical (unpaired) electrons. The summed E-state index contributed by atoms with van der Waals surface area (Å²) in [5.74, 6) is -3.00. The second-order valence-electron chi connectivity index (χ2n) is 7.51. The number of Topliss-reactive ketones (excluding diaryl/α,β-unsaturated/α-hetero) is 1. The van der Waals surface area contributed by atoms with Crippen LogP contribution in [0.15, 0.2) is 66.9 Å². The summed E-state index contributed by atoms with van der Waals surface area (Å²) in [4.78, 5) is 24.6. The fraction of sp³-hybridized carbons (Fsp3) is 0.227. The zero-order valence-electron chi connectivity index (χ0n) is 16.8. The third-order valence-corrected chi connectivity index (χ3v) is 5.39. The molecule has 2 amide bonds. The van der Waals surface area contributed by atoms with Crippen LogP contribution in [0.5, 0.6) is 0 Å². The number of ketones is 1. The topological polar surface area (TPSA) is 96.2 Å². The summed E-state index contributed by atoms with van der Waals surface area (Å²) in [5, 5.41) is 18.9. The van der Waals surface area contributed by atoms with E-state index >= 15 is 0 Å². The highest BCUT2D eigenvalue weighted by atomic mass is 19.4. The van der Waals surface area contributed by atoms with E-state index in [1.54, 1.807) is 60.7 Å². The van der Waals surface area contributed by atoms with Gasteiger partial charge in [-0.25, -0.2) is 9.48 Å². The summed E-state index contributed by atoms with van der Waals surface area (Å²) >= 11 is 0. The standard InChI is InChI=1S/C22H19F3N4O3/c1-13(30)17-19(26-20(31)27-21(17,32)22(23,24)25)16-12-29(15-10-6-3-7-11-15)28-18(16)14-8-4-2-5-9-14/h2-12,17,19,32H,1H3,(H2,26,27,31)/t17-,19-,21+/m0/s1. The molecule has 1 aliphatic rings. The molecule has 3 atom stereocenters. The Labute approximate surface area is 180 Å². The summed E-state index contributed by atoms with van der Waals surface area (Å²) in [7, 11) is 0. The van der Waals surface area contributed by atoms with E-state index in [0.29, 0.717) is 11.3 Å². The number of aromatic nitrogens is 2. The Hall–Kier alpha value is -3.66. The lowest BCUT2D eigenvalue weighted by Crippen LogP contribution is -2.72. The SMILES string of the molecule is CC(=O)[C@H]1[C@H](c2cn(-c3ccccc3)nc2-c2ccccc2)NC(=O)N[C@]1(O)C(F)(F)F. The summed E-state index contributed by atoms with van der Waals surface area (Å²) in [6, 6.07) is 14.8. The first-order valence-corrected chi connectivity index (χ1v) is 9.70. The number of amides is 2. The quantitative estimate of drug-likeness (QED) is 0.575. The Morgan fingerprint density at radius 1 is 1.09 bits per heavy atom. The Balaban J connectivity index is 1.93. The molecule has 2 heterocycles. The number of para-hydroxylation sites is 1. The number of hydrogen-bond donors (Lipinski definition) is 3. The van der Waals surface area contributed by atoms with Crippen LogP contribution in [0.2, 0.25) is 0 Å². The lowest BCUT2D eigenvalue weighted by molar-refractivity contribution is -0.290. The second kappa shape index (κ2) is 7.79. The average molecular weight is 444 g/mol. The van der Waals surface area contributed by atoms with Gasteiger partial charge in [-0.15, -0.1) is 0 Å². The van der Waals surface area contributed by atoms with Crippen LogP contribution in [0.3, 0.4) is 0 Å². The van der Waals surface area contributed by atoms with Crippen molar-refractivity contribution in [2.24, 2.45) is 5.92 Å². The molecular formula is C22H19F3N4O3. The van der Waals surface area contributed by atoms with Crippen molar-refractivity contribution in [3.63, 3.8) is 0 Å². The highest BCUT2D eigenvalue weighted by Crippen LogP contribution is 2.44. The van der Waals surface area contributed by atoms with E-state index in [1.165, 1.54) is 16.2 Å². The average Bonchev–Trinajstić information content (AvgIpc) is 3.19. The summed E-state index contributed by atoms with van der Waals surface area (Å²) in [6.45, 7) is 0.942. The van der Waals surface area contributed by atoms with E-state index in [2.05, 4.69) is 10.4 Å². The van der Waals surface area contributed by atoms with Gasteiger partial charge < -0.3 is 15.7 Å². The second-order valence-corrected chi connectivity index (χ2v) is 7.51. The first-order valence-electron chi connectivity index (χ1n) is 9.70. The van der Waals surface area contributed by atoms with E-state index in [4.69, 9.17) is 0 Å². The lowest BCUT2D eigenvalue weighted by atomic mass is 9.79. The van der Waals surface area contributed by atoms with Crippen LogP contribution >= 0.6 is 0 Å². The van der Waals surface area contributed by atoms with Gasteiger partial charge in [-0.05, 0) is 19.1 Å². The molecule has 1 fully saturated rings. The van der Waals surface area contributed by atoms with Gasteiger partial charge in [0.15, 0.2) is 0 Å². The number of carbonyl (C=O) groups excluding carboxylic acids is 2. The minimum absolute atomic E-state index is 0.165. The Morgan fingerprint density at radius 3 is 2.25 bits per heavy atom. The smallest absolute Gasteiger partial charge is 0.363 e. The number of aliphatic hydroxyl groups is 1. The molecule has 1 aromatic heterocycles. The highest BCUT2D eigenvalue weighted by molar-refractivity contribution is 5.86. The van der Waals surface area contributed by atoms with Crippen molar-refractivity contribution in [2.45, 2.75) is 24.9 Å². The minimum atomic E-state index is -5.29. The van der Waals surface area contributed by atoms with Crippen LogP contribution in [-0.2, 0) is 4.79 Å². The zero-order valence-corrected chi connectivity index (χ0v) is 16.8. The summed E-state index contributed by atoms with van der Waals surface area (Å²) in [5.41, 5.74) is -2.10. The molecule has 7 nitrogen and oxygen atoms in total. The largest absolute Gasteiger partial charge is 0.437 e. The maximum Gasteiger partial charge on any atom is 0.437 e. The molecule has 2 aromatic carbocycles. The van der Waals surface area contributed by atoms with Crippen molar-refractivity contribution in [3.05, 3.63) is 72.4 Å². The van der Waals surface area contributed by atoms with Crippen LogP contribution in [-0.4, -0.2) is 38.6 Å². The maximum absolute atomic E-state index is 13.8. The molecule has 0 aliphatic carbocycles. The number of halogens is 3. The number of nitrogens with zero attached hydrogens (tertiary/aromatic N) is 2. The Morgan fingerprint density at radius 2 is 1.69 bits per heavy atom.